The van der Waals surface area contributed by atoms with Crippen molar-refractivity contribution in [3.05, 3.63) is 94.0 Å². The highest BCUT2D eigenvalue weighted by molar-refractivity contribution is 9.10. The standard InChI is InChI=1S/C31H38BrN3O5S/c1-22(2)19-33-31(37)28(18-24-10-7-6-8-11-24)34(20-25-12-9-13-26(32)17-25)30(36)21-35(41(5,38)39)27-16-23(3)14-15-29(27)40-4/h6-17,22,28H,18-21H2,1-5H3,(H,33,37)/t28-/m1/s1. The largest absolute Gasteiger partial charge is 0.495 e. The van der Waals surface area contributed by atoms with E-state index in [4.69, 9.17) is 4.74 Å². The van der Waals surface area contributed by atoms with Crippen LogP contribution in [0.5, 0.6) is 5.75 Å². The van der Waals surface area contributed by atoms with Crippen LogP contribution >= 0.6 is 15.9 Å². The SMILES string of the molecule is COc1ccc(C)cc1N(CC(=O)N(Cc1cccc(Br)c1)[C@H](Cc1ccccc1)C(=O)NCC(C)C)S(C)(=O)=O. The molecule has 0 aromatic heterocycles. The molecule has 0 spiro atoms. The highest BCUT2D eigenvalue weighted by Gasteiger charge is 2.33. The third-order valence-electron chi connectivity index (χ3n) is 6.48. The van der Waals surface area contributed by atoms with Gasteiger partial charge in [0.25, 0.3) is 0 Å². The molecule has 0 aliphatic carbocycles. The van der Waals surface area contributed by atoms with Gasteiger partial charge in [-0.2, -0.15) is 0 Å². The lowest BCUT2D eigenvalue weighted by Crippen LogP contribution is -2.53. The van der Waals surface area contributed by atoms with Gasteiger partial charge in [-0.1, -0.05) is 78.3 Å². The normalized spacial score (nSPS) is 12.1. The molecule has 0 radical (unpaired) electrons. The van der Waals surface area contributed by atoms with Gasteiger partial charge in [0, 0.05) is 24.0 Å². The monoisotopic (exact) mass is 643 g/mol. The number of nitrogens with one attached hydrogen (secondary N) is 1. The molecule has 8 nitrogen and oxygen atoms in total. The molecule has 0 aliphatic rings. The van der Waals surface area contributed by atoms with Crippen LogP contribution in [0, 0.1) is 12.8 Å². The summed E-state index contributed by atoms with van der Waals surface area (Å²) in [5.41, 5.74) is 2.74. The Balaban J connectivity index is 2.09. The fourth-order valence-electron chi connectivity index (χ4n) is 4.40. The molecule has 3 aromatic carbocycles. The third-order valence-corrected chi connectivity index (χ3v) is 8.10. The van der Waals surface area contributed by atoms with Gasteiger partial charge < -0.3 is 15.0 Å². The molecule has 0 unspecified atom stereocenters. The van der Waals surface area contributed by atoms with Crippen molar-refractivity contribution in [1.29, 1.82) is 0 Å². The van der Waals surface area contributed by atoms with Crippen molar-refractivity contribution < 1.29 is 22.7 Å². The van der Waals surface area contributed by atoms with Gasteiger partial charge in [-0.25, -0.2) is 8.42 Å². The zero-order chi connectivity index (χ0) is 30.2. The van der Waals surface area contributed by atoms with Gasteiger partial charge >= 0.3 is 0 Å². The quantitative estimate of drug-likeness (QED) is 0.285. The average molecular weight is 645 g/mol. The summed E-state index contributed by atoms with van der Waals surface area (Å²) in [4.78, 5) is 29.4. The van der Waals surface area contributed by atoms with E-state index in [1.165, 1.54) is 12.0 Å². The lowest BCUT2D eigenvalue weighted by atomic mass is 10.0. The molecule has 3 aromatic rings. The van der Waals surface area contributed by atoms with Gasteiger partial charge in [-0.05, 0) is 53.8 Å². The number of aryl methyl sites for hydroxylation is 1. The van der Waals surface area contributed by atoms with Gasteiger partial charge in [0.2, 0.25) is 21.8 Å². The maximum atomic E-state index is 14.2. The topological polar surface area (TPSA) is 96.0 Å². The number of anilines is 1. The molecule has 0 fully saturated rings. The Kier molecular flexibility index (Phi) is 11.4. The van der Waals surface area contributed by atoms with E-state index in [1.807, 2.05) is 75.4 Å². The van der Waals surface area contributed by atoms with E-state index in [-0.39, 0.29) is 30.5 Å². The smallest absolute Gasteiger partial charge is 0.244 e. The average Bonchev–Trinajstić information content (AvgIpc) is 2.92. The second-order valence-corrected chi connectivity index (χ2v) is 13.3. The highest BCUT2D eigenvalue weighted by atomic mass is 79.9. The number of halogens is 1. The van der Waals surface area contributed by atoms with Crippen LogP contribution in [0.25, 0.3) is 0 Å². The Bertz CT molecular complexity index is 1450. The lowest BCUT2D eigenvalue weighted by molar-refractivity contribution is -0.140. The molecule has 1 atom stereocenters. The number of carbonyl (C=O) groups excluding carboxylic acids is 2. The van der Waals surface area contributed by atoms with Crippen molar-refractivity contribution in [2.24, 2.45) is 5.92 Å². The van der Waals surface area contributed by atoms with E-state index in [1.54, 1.807) is 18.2 Å². The summed E-state index contributed by atoms with van der Waals surface area (Å²) >= 11 is 3.49. The predicted molar refractivity (Wildman–Crippen MR) is 166 cm³/mol. The van der Waals surface area contributed by atoms with Gasteiger partial charge in [0.1, 0.15) is 18.3 Å². The number of methoxy groups -OCH3 is 1. The van der Waals surface area contributed by atoms with E-state index in [9.17, 15) is 18.0 Å². The van der Waals surface area contributed by atoms with Crippen LogP contribution in [0.1, 0.15) is 30.5 Å². The van der Waals surface area contributed by atoms with Crippen LogP contribution < -0.4 is 14.4 Å². The molecule has 0 saturated carbocycles. The van der Waals surface area contributed by atoms with Crippen LogP contribution in [0.3, 0.4) is 0 Å². The van der Waals surface area contributed by atoms with Crippen molar-refractivity contribution in [2.45, 2.75) is 39.8 Å². The summed E-state index contributed by atoms with van der Waals surface area (Å²) in [6.07, 6.45) is 1.31. The van der Waals surface area contributed by atoms with E-state index < -0.39 is 28.5 Å². The molecule has 0 heterocycles. The molecule has 2 amide bonds. The second kappa shape index (κ2) is 14.5. The van der Waals surface area contributed by atoms with Gasteiger partial charge in [0.15, 0.2) is 0 Å². The molecule has 3 rings (SSSR count). The van der Waals surface area contributed by atoms with E-state index in [2.05, 4.69) is 21.2 Å². The van der Waals surface area contributed by atoms with Gasteiger partial charge in [-0.3, -0.25) is 13.9 Å². The first-order chi connectivity index (χ1) is 19.4. The van der Waals surface area contributed by atoms with Crippen molar-refractivity contribution in [3.63, 3.8) is 0 Å². The summed E-state index contributed by atoms with van der Waals surface area (Å²) in [5.74, 6) is -0.285. The van der Waals surface area contributed by atoms with Crippen LogP contribution in [0.15, 0.2) is 77.3 Å². The fourth-order valence-corrected chi connectivity index (χ4v) is 5.69. The molecule has 220 valence electrons. The minimum Gasteiger partial charge on any atom is -0.495 e. The van der Waals surface area contributed by atoms with Crippen molar-refractivity contribution >= 4 is 43.5 Å². The Morgan fingerprint density at radius 1 is 0.976 bits per heavy atom. The third kappa shape index (κ3) is 9.33. The van der Waals surface area contributed by atoms with E-state index >= 15 is 0 Å². The summed E-state index contributed by atoms with van der Waals surface area (Å²) in [5, 5.41) is 2.98. The van der Waals surface area contributed by atoms with Crippen molar-refractivity contribution in [3.8, 4) is 5.75 Å². The molecule has 0 saturated heterocycles. The minimum absolute atomic E-state index is 0.105. The number of sulfonamides is 1. The Hall–Kier alpha value is -3.37. The number of hydrogen-bond acceptors (Lipinski definition) is 5. The van der Waals surface area contributed by atoms with Gasteiger partial charge in [-0.15, -0.1) is 0 Å². The maximum Gasteiger partial charge on any atom is 0.244 e. The van der Waals surface area contributed by atoms with Crippen molar-refractivity contribution in [2.75, 3.05) is 30.8 Å². The van der Waals surface area contributed by atoms with Crippen LogP contribution in [-0.2, 0) is 32.6 Å². The highest BCUT2D eigenvalue weighted by Crippen LogP contribution is 2.31. The molecular weight excluding hydrogens is 606 g/mol. The minimum atomic E-state index is -3.90. The molecule has 0 bridgehead atoms. The first-order valence-corrected chi connectivity index (χ1v) is 16.0. The van der Waals surface area contributed by atoms with E-state index in [0.29, 0.717) is 12.3 Å². The first-order valence-electron chi connectivity index (χ1n) is 13.4. The molecule has 41 heavy (non-hydrogen) atoms. The Morgan fingerprint density at radius 3 is 2.27 bits per heavy atom. The Morgan fingerprint density at radius 2 is 1.66 bits per heavy atom. The first kappa shape index (κ1) is 32.1. The maximum absolute atomic E-state index is 14.2. The second-order valence-electron chi connectivity index (χ2n) is 10.4. The zero-order valence-electron chi connectivity index (χ0n) is 24.1. The zero-order valence-corrected chi connectivity index (χ0v) is 26.5. The van der Waals surface area contributed by atoms with E-state index in [0.717, 1.165) is 31.7 Å². The summed E-state index contributed by atoms with van der Waals surface area (Å²) in [7, 11) is -2.45. The van der Waals surface area contributed by atoms with Gasteiger partial charge in [0.05, 0.1) is 19.1 Å². The number of hydrogen-bond donors (Lipinski definition) is 1. The molecule has 0 aliphatic heterocycles. The number of amides is 2. The van der Waals surface area contributed by atoms with Crippen LogP contribution in [-0.4, -0.2) is 57.6 Å². The fraction of sp³-hybridized carbons (Fsp3) is 0.355. The van der Waals surface area contributed by atoms with Crippen LogP contribution in [0.2, 0.25) is 0 Å². The number of carbonyl (C=O) groups is 2. The summed E-state index contributed by atoms with van der Waals surface area (Å²) in [6.45, 7) is 5.87. The summed E-state index contributed by atoms with van der Waals surface area (Å²) < 4.78 is 33.4. The molecule has 10 heteroatoms. The number of benzene rings is 3. The predicted octanol–water partition coefficient (Wildman–Crippen LogP) is 4.94. The number of rotatable bonds is 13. The number of ether oxygens (including phenoxy) is 1. The molecule has 1 N–H and O–H groups in total. The number of nitrogens with zero attached hydrogens (tertiary/aromatic N) is 2. The lowest BCUT2D eigenvalue weighted by Gasteiger charge is -2.34. The summed E-state index contributed by atoms with van der Waals surface area (Å²) in [6, 6.07) is 21.2. The molecular formula is C31H38BrN3O5S. The van der Waals surface area contributed by atoms with Crippen molar-refractivity contribution in [1.82, 2.24) is 10.2 Å². The van der Waals surface area contributed by atoms with Crippen LogP contribution in [0.4, 0.5) is 5.69 Å². The Labute approximate surface area is 251 Å².